The van der Waals surface area contributed by atoms with E-state index >= 15 is 0 Å². The Bertz CT molecular complexity index is 1040. The minimum Gasteiger partial charge on any atom is -0.449 e. The minimum absolute atomic E-state index is 0.134. The average molecular weight is 444 g/mol. The molecule has 30 heavy (non-hydrogen) atoms. The maximum atomic E-state index is 12.4. The third-order valence-corrected chi connectivity index (χ3v) is 5.19. The Labute approximate surface area is 184 Å². The van der Waals surface area contributed by atoms with E-state index in [1.165, 1.54) is 11.3 Å². The van der Waals surface area contributed by atoms with Crippen LogP contribution in [0.25, 0.3) is 10.6 Å². The summed E-state index contributed by atoms with van der Waals surface area (Å²) in [6, 6.07) is 14.4. The predicted molar refractivity (Wildman–Crippen MR) is 121 cm³/mol. The molecule has 8 heteroatoms. The molecule has 0 bridgehead atoms. The first-order chi connectivity index (χ1) is 14.4. The second-order valence-electron chi connectivity index (χ2n) is 7.05. The molecule has 3 rings (SSSR count). The maximum Gasteiger partial charge on any atom is 0.411 e. The van der Waals surface area contributed by atoms with Crippen molar-refractivity contribution >= 4 is 46.3 Å². The molecule has 3 aromatic rings. The summed E-state index contributed by atoms with van der Waals surface area (Å²) in [5.41, 5.74) is 2.62. The van der Waals surface area contributed by atoms with Crippen LogP contribution in [0, 0.1) is 5.92 Å². The lowest BCUT2D eigenvalue weighted by Gasteiger charge is -2.10. The number of nitrogens with zero attached hydrogens (tertiary/aromatic N) is 1. The largest absolute Gasteiger partial charge is 0.449 e. The highest BCUT2D eigenvalue weighted by Gasteiger charge is 2.12. The van der Waals surface area contributed by atoms with Gasteiger partial charge in [0.25, 0.3) is 0 Å². The molecule has 0 fully saturated rings. The number of rotatable bonds is 7. The highest BCUT2D eigenvalue weighted by molar-refractivity contribution is 7.13. The van der Waals surface area contributed by atoms with E-state index < -0.39 is 6.09 Å². The molecule has 2 aromatic carbocycles. The number of amides is 2. The number of carbonyl (C=O) groups excluding carboxylic acids is 2. The SMILES string of the molecule is CC(C)COC(=O)Nc1cccc(NC(=O)Cc2csc(-c3ccccc3Cl)n2)c1. The van der Waals surface area contributed by atoms with Gasteiger partial charge < -0.3 is 10.1 Å². The van der Waals surface area contributed by atoms with Crippen LogP contribution in [-0.2, 0) is 16.0 Å². The van der Waals surface area contributed by atoms with Crippen LogP contribution < -0.4 is 10.6 Å². The van der Waals surface area contributed by atoms with Gasteiger partial charge >= 0.3 is 6.09 Å². The van der Waals surface area contributed by atoms with Crippen LogP contribution in [0.15, 0.2) is 53.9 Å². The van der Waals surface area contributed by atoms with Gasteiger partial charge in [0.2, 0.25) is 5.91 Å². The van der Waals surface area contributed by atoms with Crippen LogP contribution in [0.2, 0.25) is 5.02 Å². The van der Waals surface area contributed by atoms with Crippen molar-refractivity contribution in [2.45, 2.75) is 20.3 Å². The van der Waals surface area contributed by atoms with Gasteiger partial charge in [-0.1, -0.05) is 49.7 Å². The second-order valence-corrected chi connectivity index (χ2v) is 8.31. The summed E-state index contributed by atoms with van der Waals surface area (Å²) in [6.45, 7) is 4.26. The van der Waals surface area contributed by atoms with Crippen LogP contribution in [0.1, 0.15) is 19.5 Å². The summed E-state index contributed by atoms with van der Waals surface area (Å²) in [4.78, 5) is 28.7. The first-order valence-corrected chi connectivity index (χ1v) is 10.7. The molecule has 0 aliphatic carbocycles. The fraction of sp³-hybridized carbons (Fsp3) is 0.227. The highest BCUT2D eigenvalue weighted by atomic mass is 35.5. The number of hydrogen-bond acceptors (Lipinski definition) is 5. The molecule has 6 nitrogen and oxygen atoms in total. The molecule has 2 amide bonds. The normalized spacial score (nSPS) is 10.7. The molecule has 0 spiro atoms. The molecule has 2 N–H and O–H groups in total. The van der Waals surface area contributed by atoms with Crippen LogP contribution in [-0.4, -0.2) is 23.6 Å². The van der Waals surface area contributed by atoms with Gasteiger partial charge in [0.1, 0.15) is 5.01 Å². The standard InChI is InChI=1S/C22H22ClN3O3S/c1-14(2)12-29-22(28)26-16-7-5-6-15(10-16)24-20(27)11-17-13-30-21(25-17)18-8-3-4-9-19(18)23/h3-10,13-14H,11-12H2,1-2H3,(H,24,27)(H,26,28). The van der Waals surface area contributed by atoms with E-state index in [1.54, 1.807) is 24.3 Å². The number of nitrogens with one attached hydrogen (secondary N) is 2. The van der Waals surface area contributed by atoms with E-state index in [0.717, 1.165) is 10.6 Å². The van der Waals surface area contributed by atoms with Crippen molar-refractivity contribution in [1.82, 2.24) is 4.98 Å². The van der Waals surface area contributed by atoms with Gasteiger partial charge in [-0.2, -0.15) is 0 Å². The Hall–Kier alpha value is -2.90. The molecule has 0 saturated heterocycles. The van der Waals surface area contributed by atoms with Crippen molar-refractivity contribution in [3.05, 3.63) is 64.6 Å². The van der Waals surface area contributed by atoms with Gasteiger partial charge in [-0.15, -0.1) is 11.3 Å². The van der Waals surface area contributed by atoms with E-state index in [-0.39, 0.29) is 18.2 Å². The monoisotopic (exact) mass is 443 g/mol. The first kappa shape index (κ1) is 21.8. The number of carbonyl (C=O) groups is 2. The maximum absolute atomic E-state index is 12.4. The van der Waals surface area contributed by atoms with Gasteiger partial charge in [0.15, 0.2) is 0 Å². The van der Waals surface area contributed by atoms with E-state index in [0.29, 0.717) is 28.7 Å². The van der Waals surface area contributed by atoms with Crippen LogP contribution in [0.5, 0.6) is 0 Å². The van der Waals surface area contributed by atoms with Crippen LogP contribution in [0.3, 0.4) is 0 Å². The summed E-state index contributed by atoms with van der Waals surface area (Å²) in [7, 11) is 0. The van der Waals surface area contributed by atoms with Crippen molar-refractivity contribution in [3.63, 3.8) is 0 Å². The van der Waals surface area contributed by atoms with Crippen molar-refractivity contribution in [2.24, 2.45) is 5.92 Å². The van der Waals surface area contributed by atoms with Gasteiger partial charge in [-0.25, -0.2) is 9.78 Å². The summed E-state index contributed by atoms with van der Waals surface area (Å²) < 4.78 is 5.10. The lowest BCUT2D eigenvalue weighted by molar-refractivity contribution is -0.115. The summed E-state index contributed by atoms with van der Waals surface area (Å²) in [5.74, 6) is 0.0519. The number of hydrogen-bond donors (Lipinski definition) is 2. The lowest BCUT2D eigenvalue weighted by Crippen LogP contribution is -2.17. The van der Waals surface area contributed by atoms with Crippen molar-refractivity contribution < 1.29 is 14.3 Å². The van der Waals surface area contributed by atoms with E-state index in [9.17, 15) is 9.59 Å². The van der Waals surface area contributed by atoms with E-state index in [4.69, 9.17) is 16.3 Å². The molecule has 156 valence electrons. The molecule has 0 unspecified atom stereocenters. The third kappa shape index (κ3) is 6.30. The summed E-state index contributed by atoms with van der Waals surface area (Å²) >= 11 is 7.66. The number of halogens is 1. The predicted octanol–water partition coefficient (Wildman–Crippen LogP) is 5.85. The lowest BCUT2D eigenvalue weighted by atomic mass is 10.2. The number of ether oxygens (including phenoxy) is 1. The summed E-state index contributed by atoms with van der Waals surface area (Å²) in [6.07, 6.45) is -0.392. The Balaban J connectivity index is 1.58. The molecule has 1 heterocycles. The van der Waals surface area contributed by atoms with E-state index in [2.05, 4.69) is 15.6 Å². The molecular formula is C22H22ClN3O3S. The van der Waals surface area contributed by atoms with Gasteiger partial charge in [-0.3, -0.25) is 10.1 Å². The summed E-state index contributed by atoms with van der Waals surface area (Å²) in [5, 5.41) is 8.72. The zero-order valence-electron chi connectivity index (χ0n) is 16.6. The van der Waals surface area contributed by atoms with Gasteiger partial charge in [0, 0.05) is 22.3 Å². The zero-order valence-corrected chi connectivity index (χ0v) is 18.2. The minimum atomic E-state index is -0.526. The molecule has 0 saturated carbocycles. The molecule has 1 aromatic heterocycles. The molecular weight excluding hydrogens is 422 g/mol. The first-order valence-electron chi connectivity index (χ1n) is 9.43. The Kier molecular flexibility index (Phi) is 7.43. The smallest absolute Gasteiger partial charge is 0.411 e. The van der Waals surface area contributed by atoms with Crippen molar-refractivity contribution in [1.29, 1.82) is 0 Å². The van der Waals surface area contributed by atoms with Crippen molar-refractivity contribution in [2.75, 3.05) is 17.2 Å². The average Bonchev–Trinajstić information content (AvgIpc) is 3.15. The van der Waals surface area contributed by atoms with Crippen LogP contribution >= 0.6 is 22.9 Å². The Morgan fingerprint density at radius 3 is 2.57 bits per heavy atom. The third-order valence-electron chi connectivity index (χ3n) is 3.94. The highest BCUT2D eigenvalue weighted by Crippen LogP contribution is 2.30. The molecule has 0 aliphatic rings. The number of anilines is 2. The van der Waals surface area contributed by atoms with Crippen LogP contribution in [0.4, 0.5) is 16.2 Å². The van der Waals surface area contributed by atoms with E-state index in [1.807, 2.05) is 43.5 Å². The molecule has 0 aliphatic heterocycles. The molecule has 0 atom stereocenters. The topological polar surface area (TPSA) is 80.3 Å². The number of thiazole rings is 1. The van der Waals surface area contributed by atoms with Crippen molar-refractivity contribution in [3.8, 4) is 10.6 Å². The number of benzene rings is 2. The Morgan fingerprint density at radius 1 is 1.10 bits per heavy atom. The Morgan fingerprint density at radius 2 is 1.83 bits per heavy atom. The fourth-order valence-corrected chi connectivity index (χ4v) is 3.73. The fourth-order valence-electron chi connectivity index (χ4n) is 2.59. The number of aromatic nitrogens is 1. The quantitative estimate of drug-likeness (QED) is 0.480. The van der Waals surface area contributed by atoms with Gasteiger partial charge in [-0.05, 0) is 30.2 Å². The molecule has 0 radical (unpaired) electrons. The van der Waals surface area contributed by atoms with Gasteiger partial charge in [0.05, 0.1) is 23.7 Å². The second kappa shape index (κ2) is 10.2. The zero-order chi connectivity index (χ0) is 21.5.